The minimum atomic E-state index is -0.232. The maximum absolute atomic E-state index is 6.29. The Hall–Kier alpha value is -2.07. The molecule has 0 spiro atoms. The van der Waals surface area contributed by atoms with Gasteiger partial charge >= 0.3 is 0 Å². The molecule has 0 unspecified atom stereocenters. The average Bonchev–Trinajstić information content (AvgIpc) is 2.98. The van der Waals surface area contributed by atoms with Crippen molar-refractivity contribution in [3.05, 3.63) is 70.3 Å². The third-order valence-electron chi connectivity index (χ3n) is 4.18. The van der Waals surface area contributed by atoms with E-state index in [0.717, 1.165) is 39.2 Å². The zero-order valence-corrected chi connectivity index (χ0v) is 15.3. The van der Waals surface area contributed by atoms with E-state index in [1.807, 2.05) is 35.0 Å². The summed E-state index contributed by atoms with van der Waals surface area (Å²) in [5.41, 5.74) is 4.43. The first-order valence-corrected chi connectivity index (χ1v) is 9.01. The lowest BCUT2D eigenvalue weighted by Gasteiger charge is -2.28. The minimum absolute atomic E-state index is 0.232. The third-order valence-corrected chi connectivity index (χ3v) is 4.71. The van der Waals surface area contributed by atoms with Crippen molar-refractivity contribution in [3.63, 3.8) is 0 Å². The normalized spacial score (nSPS) is 15.8. The van der Waals surface area contributed by atoms with Gasteiger partial charge in [-0.25, -0.2) is 4.68 Å². The summed E-state index contributed by atoms with van der Waals surface area (Å²) in [4.78, 5) is 0. The van der Waals surface area contributed by atoms with Gasteiger partial charge in [0.05, 0.1) is 11.4 Å². The predicted octanol–water partition coefficient (Wildman–Crippen LogP) is 5.45. The van der Waals surface area contributed by atoms with Crippen LogP contribution in [0.4, 0.5) is 0 Å². The van der Waals surface area contributed by atoms with Crippen molar-refractivity contribution < 1.29 is 4.74 Å². The van der Waals surface area contributed by atoms with Crippen molar-refractivity contribution in [2.45, 2.75) is 26.5 Å². The van der Waals surface area contributed by atoms with Crippen LogP contribution in [0.15, 0.2) is 59.1 Å². The van der Waals surface area contributed by atoms with Crippen LogP contribution in [0, 0.1) is 5.92 Å². The Morgan fingerprint density at radius 3 is 2.62 bits per heavy atom. The summed E-state index contributed by atoms with van der Waals surface area (Å²) in [6, 6.07) is 18.6. The summed E-state index contributed by atoms with van der Waals surface area (Å²) in [5.74, 6) is 1.48. The largest absolute Gasteiger partial charge is 0.464 e. The van der Waals surface area contributed by atoms with Crippen LogP contribution >= 0.6 is 15.9 Å². The average molecular weight is 383 g/mol. The summed E-state index contributed by atoms with van der Waals surface area (Å²) in [6.45, 7) is 4.43. The highest BCUT2D eigenvalue weighted by molar-refractivity contribution is 9.10. The van der Waals surface area contributed by atoms with Gasteiger partial charge < -0.3 is 4.74 Å². The van der Waals surface area contributed by atoms with E-state index in [1.165, 1.54) is 0 Å². The van der Waals surface area contributed by atoms with Crippen molar-refractivity contribution in [2.75, 3.05) is 0 Å². The fourth-order valence-electron chi connectivity index (χ4n) is 3.13. The molecule has 4 heteroatoms. The first-order chi connectivity index (χ1) is 11.6. The van der Waals surface area contributed by atoms with Gasteiger partial charge in [-0.05, 0) is 42.7 Å². The molecule has 1 atom stereocenters. The van der Waals surface area contributed by atoms with Crippen LogP contribution in [0.1, 0.15) is 31.3 Å². The van der Waals surface area contributed by atoms with Gasteiger partial charge in [0.1, 0.15) is 5.75 Å². The second kappa shape index (κ2) is 6.10. The van der Waals surface area contributed by atoms with E-state index in [0.29, 0.717) is 5.92 Å². The zero-order valence-electron chi connectivity index (χ0n) is 13.7. The highest BCUT2D eigenvalue weighted by atomic mass is 79.9. The van der Waals surface area contributed by atoms with Crippen molar-refractivity contribution in [1.82, 2.24) is 9.78 Å². The highest BCUT2D eigenvalue weighted by Crippen LogP contribution is 2.40. The van der Waals surface area contributed by atoms with Crippen LogP contribution in [0.3, 0.4) is 0 Å². The van der Waals surface area contributed by atoms with Crippen molar-refractivity contribution in [2.24, 2.45) is 5.92 Å². The molecular formula is C20H19BrN2O. The molecule has 1 aliphatic heterocycles. The number of halogens is 1. The van der Waals surface area contributed by atoms with Gasteiger partial charge in [0.15, 0.2) is 0 Å². The number of hydrogen-bond donors (Lipinski definition) is 0. The summed E-state index contributed by atoms with van der Waals surface area (Å²) in [5, 5.41) is 4.85. The summed E-state index contributed by atoms with van der Waals surface area (Å²) >= 11 is 3.49. The van der Waals surface area contributed by atoms with Gasteiger partial charge in [-0.1, -0.05) is 54.0 Å². The molecule has 122 valence electrons. The second-order valence-corrected chi connectivity index (χ2v) is 7.50. The van der Waals surface area contributed by atoms with Crippen LogP contribution in [0.5, 0.6) is 5.75 Å². The zero-order chi connectivity index (χ0) is 16.7. The van der Waals surface area contributed by atoms with E-state index in [-0.39, 0.29) is 6.23 Å². The lowest BCUT2D eigenvalue weighted by molar-refractivity contribution is 0.153. The lowest BCUT2D eigenvalue weighted by atomic mass is 10.0. The molecular weight excluding hydrogens is 364 g/mol. The Bertz CT molecular complexity index is 868. The number of rotatable bonds is 3. The number of para-hydroxylation sites is 1. The molecule has 0 fully saturated rings. The molecule has 1 aromatic heterocycles. The van der Waals surface area contributed by atoms with Crippen LogP contribution in [0.25, 0.3) is 11.3 Å². The maximum atomic E-state index is 6.29. The molecule has 0 radical (unpaired) electrons. The van der Waals surface area contributed by atoms with Gasteiger partial charge in [-0.15, -0.1) is 0 Å². The van der Waals surface area contributed by atoms with E-state index < -0.39 is 0 Å². The van der Waals surface area contributed by atoms with Gasteiger partial charge in [-0.2, -0.15) is 5.10 Å². The first-order valence-electron chi connectivity index (χ1n) is 8.22. The standard InChI is InChI=1S/C20H19BrN2O/c1-13(2)11-16-12-18-17-5-3-4-6-19(17)24-20(23(18)22-16)14-7-9-15(21)10-8-14/h3-10,12-13,20H,11H2,1-2H3/t20-/m1/s1. The van der Waals surface area contributed by atoms with Gasteiger partial charge in [0.25, 0.3) is 0 Å². The van der Waals surface area contributed by atoms with Crippen LogP contribution < -0.4 is 4.74 Å². The lowest BCUT2D eigenvalue weighted by Crippen LogP contribution is -2.23. The highest BCUT2D eigenvalue weighted by Gasteiger charge is 2.28. The quantitative estimate of drug-likeness (QED) is 0.601. The Balaban J connectivity index is 1.84. The monoisotopic (exact) mass is 382 g/mol. The topological polar surface area (TPSA) is 27.1 Å². The summed E-state index contributed by atoms with van der Waals surface area (Å²) in [6.07, 6.45) is 0.735. The Morgan fingerprint density at radius 2 is 1.88 bits per heavy atom. The van der Waals surface area contributed by atoms with Crippen molar-refractivity contribution in [3.8, 4) is 17.0 Å². The second-order valence-electron chi connectivity index (χ2n) is 6.58. The number of ether oxygens (including phenoxy) is 1. The number of nitrogens with zero attached hydrogens (tertiary/aromatic N) is 2. The number of hydrogen-bond acceptors (Lipinski definition) is 2. The van der Waals surface area contributed by atoms with E-state index in [2.05, 4.69) is 54.0 Å². The van der Waals surface area contributed by atoms with Crippen LogP contribution in [0.2, 0.25) is 0 Å². The Kier molecular flexibility index (Phi) is 3.93. The van der Waals surface area contributed by atoms with Gasteiger partial charge in [0.2, 0.25) is 6.23 Å². The predicted molar refractivity (Wildman–Crippen MR) is 99.1 cm³/mol. The van der Waals surface area contributed by atoms with Crippen molar-refractivity contribution >= 4 is 15.9 Å². The molecule has 3 nitrogen and oxygen atoms in total. The molecule has 1 aliphatic rings. The molecule has 0 bridgehead atoms. The number of benzene rings is 2. The fourth-order valence-corrected chi connectivity index (χ4v) is 3.40. The molecule has 0 saturated heterocycles. The summed E-state index contributed by atoms with van der Waals surface area (Å²) < 4.78 is 9.36. The van der Waals surface area contributed by atoms with Gasteiger partial charge in [0, 0.05) is 15.6 Å². The molecule has 2 aromatic carbocycles. The molecule has 0 aliphatic carbocycles. The maximum Gasteiger partial charge on any atom is 0.218 e. The first kappa shape index (κ1) is 15.5. The molecule has 3 aromatic rings. The van der Waals surface area contributed by atoms with E-state index in [1.54, 1.807) is 0 Å². The third kappa shape index (κ3) is 2.75. The smallest absolute Gasteiger partial charge is 0.218 e. The molecule has 4 rings (SSSR count). The Labute approximate surface area is 150 Å². The Morgan fingerprint density at radius 1 is 1.12 bits per heavy atom. The number of fused-ring (bicyclic) bond motifs is 3. The van der Waals surface area contributed by atoms with E-state index >= 15 is 0 Å². The molecule has 0 amide bonds. The van der Waals surface area contributed by atoms with E-state index in [9.17, 15) is 0 Å². The number of aromatic nitrogens is 2. The molecule has 24 heavy (non-hydrogen) atoms. The van der Waals surface area contributed by atoms with Crippen LogP contribution in [-0.2, 0) is 6.42 Å². The molecule has 2 heterocycles. The minimum Gasteiger partial charge on any atom is -0.464 e. The van der Waals surface area contributed by atoms with Gasteiger partial charge in [-0.3, -0.25) is 0 Å². The van der Waals surface area contributed by atoms with E-state index in [4.69, 9.17) is 9.84 Å². The summed E-state index contributed by atoms with van der Waals surface area (Å²) in [7, 11) is 0. The SMILES string of the molecule is CC(C)Cc1cc2n(n1)[C@@H](c1ccc(Br)cc1)Oc1ccccc1-2. The fraction of sp³-hybridized carbons (Fsp3) is 0.250. The molecule has 0 N–H and O–H groups in total. The van der Waals surface area contributed by atoms with Crippen LogP contribution in [-0.4, -0.2) is 9.78 Å². The van der Waals surface area contributed by atoms with Crippen molar-refractivity contribution in [1.29, 1.82) is 0 Å². The molecule has 0 saturated carbocycles.